The second-order valence-corrected chi connectivity index (χ2v) is 5.38. The van der Waals surface area contributed by atoms with Crippen molar-refractivity contribution in [1.82, 2.24) is 4.90 Å². The second kappa shape index (κ2) is 5.38. The number of aliphatic imine (C=N–C) groups is 1. The van der Waals surface area contributed by atoms with Crippen LogP contribution in [0.15, 0.2) is 65.3 Å². The zero-order valence-corrected chi connectivity index (χ0v) is 13.0. The van der Waals surface area contributed by atoms with Gasteiger partial charge >= 0.3 is 0 Å². The zero-order valence-electron chi connectivity index (χ0n) is 12.2. The number of halogens is 1. The second-order valence-electron chi connectivity index (χ2n) is 4.98. The van der Waals surface area contributed by atoms with Gasteiger partial charge in [-0.25, -0.2) is 4.99 Å². The Kier molecular flexibility index (Phi) is 3.56. The van der Waals surface area contributed by atoms with Gasteiger partial charge in [0.15, 0.2) is 0 Å². The lowest BCUT2D eigenvalue weighted by molar-refractivity contribution is 0.726. The minimum Gasteiger partial charge on any atom is -0.295 e. The van der Waals surface area contributed by atoms with Crippen LogP contribution < -0.4 is 0 Å². The predicted octanol–water partition coefficient (Wildman–Crippen LogP) is 5.47. The number of para-hydroxylation sites is 1. The highest BCUT2D eigenvalue weighted by Gasteiger charge is 2.29. The molecule has 1 aromatic carbocycles. The molecule has 0 atom stereocenters. The fourth-order valence-corrected chi connectivity index (χ4v) is 2.93. The monoisotopic (exact) mass is 296 g/mol. The smallest absolute Gasteiger partial charge is 0.141 e. The van der Waals surface area contributed by atoms with Crippen LogP contribution in [0.1, 0.15) is 25.8 Å². The molecule has 0 aliphatic carbocycles. The van der Waals surface area contributed by atoms with Crippen molar-refractivity contribution in [3.63, 3.8) is 0 Å². The summed E-state index contributed by atoms with van der Waals surface area (Å²) in [5.74, 6) is 0.918. The Balaban J connectivity index is 2.30. The largest absolute Gasteiger partial charge is 0.295 e. The normalized spacial score (nSPS) is 17.2. The fraction of sp³-hybridized carbons (Fsp3) is 0.167. The average molecular weight is 297 g/mol. The van der Waals surface area contributed by atoms with Gasteiger partial charge in [-0.05, 0) is 37.1 Å². The van der Waals surface area contributed by atoms with Crippen molar-refractivity contribution in [3.05, 3.63) is 70.9 Å². The molecule has 0 radical (unpaired) electrons. The van der Waals surface area contributed by atoms with Crippen molar-refractivity contribution in [2.75, 3.05) is 0 Å². The van der Waals surface area contributed by atoms with E-state index < -0.39 is 0 Å². The number of fused-ring (bicyclic) bond motifs is 3. The molecule has 21 heavy (non-hydrogen) atoms. The summed E-state index contributed by atoms with van der Waals surface area (Å²) in [5.41, 5.74) is 5.07. The van der Waals surface area contributed by atoms with Crippen LogP contribution in [0.5, 0.6) is 0 Å². The molecule has 0 aromatic heterocycles. The zero-order chi connectivity index (χ0) is 15.0. The first-order valence-electron chi connectivity index (χ1n) is 7.08. The quantitative estimate of drug-likeness (QED) is 0.707. The molecule has 0 amide bonds. The van der Waals surface area contributed by atoms with E-state index in [4.69, 9.17) is 16.6 Å². The van der Waals surface area contributed by atoms with E-state index in [1.807, 2.05) is 37.3 Å². The summed E-state index contributed by atoms with van der Waals surface area (Å²) in [6, 6.07) is 5.89. The van der Waals surface area contributed by atoms with Crippen LogP contribution >= 0.6 is 11.6 Å². The third-order valence-corrected chi connectivity index (χ3v) is 4.08. The minimum absolute atomic E-state index is 0.678. The molecule has 106 valence electrons. The number of nitrogens with zero attached hydrogens (tertiary/aromatic N) is 2. The molecule has 0 unspecified atom stereocenters. The number of allylic oxidation sites excluding steroid dienone is 4. The molecule has 0 spiro atoms. The van der Waals surface area contributed by atoms with Crippen molar-refractivity contribution < 1.29 is 0 Å². The molecule has 2 heterocycles. The molecular formula is C18H17ClN2. The van der Waals surface area contributed by atoms with E-state index >= 15 is 0 Å². The van der Waals surface area contributed by atoms with Gasteiger partial charge in [-0.15, -0.1) is 0 Å². The van der Waals surface area contributed by atoms with Crippen LogP contribution in [-0.2, 0) is 0 Å². The van der Waals surface area contributed by atoms with Gasteiger partial charge in [-0.3, -0.25) is 4.90 Å². The Morgan fingerprint density at radius 1 is 1.43 bits per heavy atom. The number of rotatable bonds is 2. The molecule has 0 fully saturated rings. The summed E-state index contributed by atoms with van der Waals surface area (Å²) >= 11 is 6.35. The maximum absolute atomic E-state index is 6.35. The van der Waals surface area contributed by atoms with Gasteiger partial charge in [0.05, 0.1) is 16.4 Å². The Morgan fingerprint density at radius 3 is 2.95 bits per heavy atom. The lowest BCUT2D eigenvalue weighted by Gasteiger charge is -2.35. The Morgan fingerprint density at radius 2 is 2.24 bits per heavy atom. The van der Waals surface area contributed by atoms with E-state index in [1.165, 1.54) is 5.57 Å². The van der Waals surface area contributed by atoms with Gasteiger partial charge in [0.1, 0.15) is 5.84 Å². The van der Waals surface area contributed by atoms with Crippen LogP contribution in [0.25, 0.3) is 5.70 Å². The van der Waals surface area contributed by atoms with Crippen LogP contribution in [0.2, 0.25) is 5.02 Å². The number of benzene rings is 1. The molecule has 0 saturated carbocycles. The van der Waals surface area contributed by atoms with Crippen LogP contribution in [0, 0.1) is 0 Å². The SMILES string of the molecule is C=C1C=CC=C2c3cccc(Cl)c3N=C(C(=CC)CC)N12. The molecule has 3 rings (SSSR count). The van der Waals surface area contributed by atoms with Crippen LogP contribution in [-0.4, -0.2) is 10.7 Å². The van der Waals surface area contributed by atoms with Crippen molar-refractivity contribution in [2.45, 2.75) is 20.3 Å². The van der Waals surface area contributed by atoms with Gasteiger partial charge < -0.3 is 0 Å². The van der Waals surface area contributed by atoms with E-state index in [9.17, 15) is 0 Å². The van der Waals surface area contributed by atoms with Crippen molar-refractivity contribution >= 4 is 28.8 Å². The third kappa shape index (κ3) is 2.16. The number of amidine groups is 1. The third-order valence-electron chi connectivity index (χ3n) is 3.78. The van der Waals surface area contributed by atoms with E-state index in [0.29, 0.717) is 5.02 Å². The molecule has 2 nitrogen and oxygen atoms in total. The van der Waals surface area contributed by atoms with Crippen LogP contribution in [0.4, 0.5) is 5.69 Å². The van der Waals surface area contributed by atoms with Crippen molar-refractivity contribution in [1.29, 1.82) is 0 Å². The van der Waals surface area contributed by atoms with Crippen molar-refractivity contribution in [3.8, 4) is 0 Å². The topological polar surface area (TPSA) is 15.6 Å². The summed E-state index contributed by atoms with van der Waals surface area (Å²) < 4.78 is 0. The molecule has 0 bridgehead atoms. The first-order chi connectivity index (χ1) is 10.2. The van der Waals surface area contributed by atoms with Crippen molar-refractivity contribution in [2.24, 2.45) is 4.99 Å². The summed E-state index contributed by atoms with van der Waals surface area (Å²) in [4.78, 5) is 6.94. The fourth-order valence-electron chi connectivity index (χ4n) is 2.71. The van der Waals surface area contributed by atoms with Gasteiger partial charge in [-0.1, -0.05) is 49.4 Å². The predicted molar refractivity (Wildman–Crippen MR) is 90.7 cm³/mol. The lowest BCUT2D eigenvalue weighted by Crippen LogP contribution is -2.32. The standard InChI is InChI=1S/C18H17ClN2/c1-4-13(5-2)18-20-17-14(9-7-10-15(17)19)16-11-6-8-12(3)21(16)18/h4,6-11H,3,5H2,1-2H3. The Labute approximate surface area is 130 Å². The number of hydrogen-bond donors (Lipinski definition) is 0. The molecular weight excluding hydrogens is 280 g/mol. The van der Waals surface area contributed by atoms with Crippen LogP contribution in [0.3, 0.4) is 0 Å². The summed E-state index contributed by atoms with van der Waals surface area (Å²) in [5, 5.41) is 0.678. The highest BCUT2D eigenvalue weighted by molar-refractivity contribution is 6.34. The van der Waals surface area contributed by atoms with E-state index in [-0.39, 0.29) is 0 Å². The molecule has 0 saturated heterocycles. The average Bonchev–Trinajstić information content (AvgIpc) is 2.49. The molecule has 1 aromatic rings. The first-order valence-corrected chi connectivity index (χ1v) is 7.45. The Bertz CT molecular complexity index is 736. The summed E-state index contributed by atoms with van der Waals surface area (Å²) in [7, 11) is 0. The van der Waals surface area contributed by atoms with Gasteiger partial charge in [-0.2, -0.15) is 0 Å². The summed E-state index contributed by atoms with van der Waals surface area (Å²) in [6.45, 7) is 8.32. The van der Waals surface area contributed by atoms with E-state index in [0.717, 1.165) is 34.9 Å². The maximum Gasteiger partial charge on any atom is 0.141 e. The molecule has 0 N–H and O–H groups in total. The highest BCUT2D eigenvalue weighted by atomic mass is 35.5. The summed E-state index contributed by atoms with van der Waals surface area (Å²) in [6.07, 6.45) is 9.11. The highest BCUT2D eigenvalue weighted by Crippen LogP contribution is 2.42. The van der Waals surface area contributed by atoms with Gasteiger partial charge in [0, 0.05) is 11.3 Å². The molecule has 2 aliphatic rings. The Hall–Kier alpha value is -2.06. The maximum atomic E-state index is 6.35. The number of hydrogen-bond acceptors (Lipinski definition) is 2. The lowest BCUT2D eigenvalue weighted by atomic mass is 9.99. The van der Waals surface area contributed by atoms with E-state index in [2.05, 4.69) is 30.6 Å². The minimum atomic E-state index is 0.678. The van der Waals surface area contributed by atoms with Gasteiger partial charge in [0.2, 0.25) is 0 Å². The molecule has 2 aliphatic heterocycles. The molecule has 3 heteroatoms. The van der Waals surface area contributed by atoms with Gasteiger partial charge in [0.25, 0.3) is 0 Å². The van der Waals surface area contributed by atoms with E-state index in [1.54, 1.807) is 0 Å². The first kappa shape index (κ1) is 13.9.